The van der Waals surface area contributed by atoms with Gasteiger partial charge in [-0.1, -0.05) is 0 Å². The van der Waals surface area contributed by atoms with E-state index in [9.17, 15) is 4.79 Å². The fourth-order valence-corrected chi connectivity index (χ4v) is 2.15. The highest BCUT2D eigenvalue weighted by Crippen LogP contribution is 2.15. The smallest absolute Gasteiger partial charge is 0.233 e. The monoisotopic (exact) mass is 230 g/mol. The number of thioether (sulfide) groups is 1. The molecule has 4 heteroatoms. The number of carbonyl (C=O) groups is 1. The van der Waals surface area contributed by atoms with E-state index in [0.29, 0.717) is 12.0 Å². The highest BCUT2D eigenvalue weighted by atomic mass is 32.2. The van der Waals surface area contributed by atoms with Crippen LogP contribution in [0, 0.1) is 5.92 Å². The minimum absolute atomic E-state index is 0.0593. The van der Waals surface area contributed by atoms with Gasteiger partial charge in [0.05, 0.1) is 5.25 Å². The highest BCUT2D eigenvalue weighted by Gasteiger charge is 2.22. The van der Waals surface area contributed by atoms with E-state index in [-0.39, 0.29) is 11.2 Å². The third-order valence-corrected chi connectivity index (χ3v) is 4.06. The summed E-state index contributed by atoms with van der Waals surface area (Å²) in [5.74, 6) is 0.761. The van der Waals surface area contributed by atoms with Crippen LogP contribution in [0.3, 0.4) is 0 Å². The summed E-state index contributed by atoms with van der Waals surface area (Å²) >= 11 is 1.59. The van der Waals surface area contributed by atoms with Gasteiger partial charge in [-0.3, -0.25) is 4.79 Å². The molecule has 0 aliphatic carbocycles. The van der Waals surface area contributed by atoms with Crippen molar-refractivity contribution in [3.05, 3.63) is 0 Å². The molecule has 0 saturated carbocycles. The van der Waals surface area contributed by atoms with E-state index in [2.05, 4.69) is 17.6 Å². The van der Waals surface area contributed by atoms with Crippen LogP contribution in [-0.2, 0) is 4.79 Å². The fraction of sp³-hybridized carbons (Fsp3) is 0.909. The number of hydrogen-bond donors (Lipinski definition) is 2. The van der Waals surface area contributed by atoms with Gasteiger partial charge >= 0.3 is 0 Å². The minimum atomic E-state index is 0.0593. The molecule has 3 nitrogen and oxygen atoms in total. The van der Waals surface area contributed by atoms with Crippen LogP contribution in [0.5, 0.6) is 0 Å². The van der Waals surface area contributed by atoms with Gasteiger partial charge in [0, 0.05) is 6.04 Å². The average Bonchev–Trinajstić information content (AvgIpc) is 2.29. The summed E-state index contributed by atoms with van der Waals surface area (Å²) in [4.78, 5) is 11.7. The molecule has 0 bridgehead atoms. The van der Waals surface area contributed by atoms with Crippen LogP contribution < -0.4 is 10.6 Å². The average molecular weight is 230 g/mol. The Hall–Kier alpha value is -0.220. The van der Waals surface area contributed by atoms with Gasteiger partial charge in [0.1, 0.15) is 0 Å². The van der Waals surface area contributed by atoms with E-state index in [1.54, 1.807) is 11.8 Å². The lowest BCUT2D eigenvalue weighted by Gasteiger charge is -2.29. The standard InChI is InChI=1S/C11H22N2OS/c1-8(10-5-4-6-12-7-10)13-11(14)9(2)15-3/h8-10,12H,4-7H2,1-3H3,(H,13,14). The Labute approximate surface area is 96.8 Å². The maximum atomic E-state index is 11.7. The Morgan fingerprint density at radius 2 is 2.27 bits per heavy atom. The van der Waals surface area contributed by atoms with Crippen LogP contribution in [0.25, 0.3) is 0 Å². The van der Waals surface area contributed by atoms with E-state index < -0.39 is 0 Å². The molecule has 0 aromatic rings. The normalized spacial score (nSPS) is 25.7. The fourth-order valence-electron chi connectivity index (χ4n) is 1.87. The van der Waals surface area contributed by atoms with Crippen molar-refractivity contribution in [1.29, 1.82) is 0 Å². The second-order valence-electron chi connectivity index (χ2n) is 4.28. The summed E-state index contributed by atoms with van der Waals surface area (Å²) in [6.07, 6.45) is 4.42. The van der Waals surface area contributed by atoms with Crippen LogP contribution in [-0.4, -0.2) is 36.5 Å². The van der Waals surface area contributed by atoms with Gasteiger partial charge in [-0.25, -0.2) is 0 Å². The molecular formula is C11H22N2OS. The highest BCUT2D eigenvalue weighted by molar-refractivity contribution is 7.99. The van der Waals surface area contributed by atoms with E-state index in [0.717, 1.165) is 13.1 Å². The predicted molar refractivity (Wildman–Crippen MR) is 66.2 cm³/mol. The second-order valence-corrected chi connectivity index (χ2v) is 5.46. The number of rotatable bonds is 4. The van der Waals surface area contributed by atoms with Crippen LogP contribution in [0.2, 0.25) is 0 Å². The molecule has 1 rings (SSSR count). The molecule has 1 heterocycles. The number of amides is 1. The van der Waals surface area contributed by atoms with Crippen LogP contribution >= 0.6 is 11.8 Å². The quantitative estimate of drug-likeness (QED) is 0.763. The van der Waals surface area contributed by atoms with Gasteiger partial charge < -0.3 is 10.6 Å². The Morgan fingerprint density at radius 1 is 1.53 bits per heavy atom. The van der Waals surface area contributed by atoms with Crippen molar-refractivity contribution in [2.75, 3.05) is 19.3 Å². The first kappa shape index (κ1) is 12.8. The van der Waals surface area contributed by atoms with Crippen molar-refractivity contribution in [1.82, 2.24) is 10.6 Å². The summed E-state index contributed by atoms with van der Waals surface area (Å²) in [6.45, 7) is 6.22. The number of piperidine rings is 1. The Bertz CT molecular complexity index is 205. The third-order valence-electron chi connectivity index (χ3n) is 3.13. The van der Waals surface area contributed by atoms with Crippen molar-refractivity contribution in [3.8, 4) is 0 Å². The molecule has 1 saturated heterocycles. The zero-order valence-corrected chi connectivity index (χ0v) is 10.7. The van der Waals surface area contributed by atoms with E-state index in [1.165, 1.54) is 12.8 Å². The summed E-state index contributed by atoms with van der Waals surface area (Å²) in [5.41, 5.74) is 0. The molecule has 3 unspecified atom stereocenters. The number of carbonyl (C=O) groups excluding carboxylic acids is 1. The topological polar surface area (TPSA) is 41.1 Å². The first-order valence-corrected chi connectivity index (χ1v) is 6.97. The molecule has 15 heavy (non-hydrogen) atoms. The maximum absolute atomic E-state index is 11.7. The van der Waals surface area contributed by atoms with E-state index >= 15 is 0 Å². The van der Waals surface area contributed by atoms with Gasteiger partial charge in [-0.2, -0.15) is 11.8 Å². The molecule has 3 atom stereocenters. The zero-order chi connectivity index (χ0) is 11.3. The Morgan fingerprint density at radius 3 is 2.80 bits per heavy atom. The van der Waals surface area contributed by atoms with Crippen LogP contribution in [0.15, 0.2) is 0 Å². The molecule has 1 aliphatic heterocycles. The molecular weight excluding hydrogens is 208 g/mol. The Balaban J connectivity index is 2.33. The summed E-state index contributed by atoms with van der Waals surface area (Å²) in [6, 6.07) is 0.292. The largest absolute Gasteiger partial charge is 0.352 e. The second kappa shape index (κ2) is 6.38. The van der Waals surface area contributed by atoms with Crippen molar-refractivity contribution >= 4 is 17.7 Å². The molecule has 0 aromatic heterocycles. The van der Waals surface area contributed by atoms with Crippen LogP contribution in [0.4, 0.5) is 0 Å². The van der Waals surface area contributed by atoms with Crippen molar-refractivity contribution < 1.29 is 4.79 Å². The van der Waals surface area contributed by atoms with E-state index in [1.807, 2.05) is 13.2 Å². The van der Waals surface area contributed by atoms with Crippen molar-refractivity contribution in [3.63, 3.8) is 0 Å². The van der Waals surface area contributed by atoms with Gasteiger partial charge in [-0.05, 0) is 52.0 Å². The summed E-state index contributed by atoms with van der Waals surface area (Å²) in [7, 11) is 0. The van der Waals surface area contributed by atoms with Gasteiger partial charge in [0.25, 0.3) is 0 Å². The molecule has 2 N–H and O–H groups in total. The SMILES string of the molecule is CSC(C)C(=O)NC(C)C1CCCNC1. The molecule has 1 fully saturated rings. The lowest BCUT2D eigenvalue weighted by molar-refractivity contribution is -0.121. The maximum Gasteiger partial charge on any atom is 0.233 e. The molecule has 0 spiro atoms. The van der Waals surface area contributed by atoms with E-state index in [4.69, 9.17) is 0 Å². The molecule has 0 aromatic carbocycles. The predicted octanol–water partition coefficient (Wildman–Crippen LogP) is 1.24. The molecule has 0 radical (unpaired) electrons. The first-order valence-electron chi connectivity index (χ1n) is 5.69. The molecule has 88 valence electrons. The summed E-state index contributed by atoms with van der Waals surface area (Å²) < 4.78 is 0. The van der Waals surface area contributed by atoms with Gasteiger partial charge in [0.2, 0.25) is 5.91 Å². The Kier molecular flexibility index (Phi) is 5.47. The van der Waals surface area contributed by atoms with Crippen molar-refractivity contribution in [2.45, 2.75) is 38.0 Å². The third kappa shape index (κ3) is 4.03. The number of nitrogens with one attached hydrogen (secondary N) is 2. The lowest BCUT2D eigenvalue weighted by Crippen LogP contribution is -2.46. The van der Waals surface area contributed by atoms with Gasteiger partial charge in [0.15, 0.2) is 0 Å². The first-order chi connectivity index (χ1) is 7.15. The molecule has 1 amide bonds. The van der Waals surface area contributed by atoms with Gasteiger partial charge in [-0.15, -0.1) is 0 Å². The summed E-state index contributed by atoms with van der Waals surface area (Å²) in [5, 5.41) is 6.54. The van der Waals surface area contributed by atoms with Crippen LogP contribution in [0.1, 0.15) is 26.7 Å². The number of hydrogen-bond acceptors (Lipinski definition) is 3. The minimum Gasteiger partial charge on any atom is -0.352 e. The molecule has 1 aliphatic rings. The van der Waals surface area contributed by atoms with Crippen molar-refractivity contribution in [2.24, 2.45) is 5.92 Å². The zero-order valence-electron chi connectivity index (χ0n) is 9.88. The lowest BCUT2D eigenvalue weighted by atomic mass is 9.93.